The van der Waals surface area contributed by atoms with Crippen LogP contribution < -0.4 is 5.32 Å². The molecule has 0 atom stereocenters. The zero-order valence-corrected chi connectivity index (χ0v) is 12.2. The lowest BCUT2D eigenvalue weighted by Gasteiger charge is -2.06. The van der Waals surface area contributed by atoms with Gasteiger partial charge in [-0.2, -0.15) is 0 Å². The van der Waals surface area contributed by atoms with Crippen molar-refractivity contribution in [3.8, 4) is 0 Å². The van der Waals surface area contributed by atoms with Gasteiger partial charge in [-0.1, -0.05) is 35.9 Å². The number of thioether (sulfide) groups is 1. The van der Waals surface area contributed by atoms with Crippen molar-refractivity contribution in [3.63, 3.8) is 0 Å². The monoisotopic (exact) mass is 309 g/mol. The first-order valence-electron chi connectivity index (χ1n) is 6.03. The van der Waals surface area contributed by atoms with E-state index in [1.807, 2.05) is 12.1 Å². The topological polar surface area (TPSA) is 29.1 Å². The SMILES string of the molecule is O=C(CSc1ccccc1F)NCc1cccc(Cl)c1. The molecule has 0 radical (unpaired) electrons. The van der Waals surface area contributed by atoms with E-state index >= 15 is 0 Å². The van der Waals surface area contributed by atoms with Gasteiger partial charge in [0.05, 0.1) is 5.75 Å². The van der Waals surface area contributed by atoms with Gasteiger partial charge < -0.3 is 5.32 Å². The molecule has 5 heteroatoms. The maximum atomic E-state index is 13.4. The second-order valence-corrected chi connectivity index (χ2v) is 5.58. The molecule has 2 aromatic rings. The molecule has 0 bridgehead atoms. The average Bonchev–Trinajstić information content (AvgIpc) is 2.44. The van der Waals surface area contributed by atoms with Crippen LogP contribution in [0.4, 0.5) is 4.39 Å². The summed E-state index contributed by atoms with van der Waals surface area (Å²) in [7, 11) is 0. The van der Waals surface area contributed by atoms with E-state index in [2.05, 4.69) is 5.32 Å². The third-order valence-corrected chi connectivity index (χ3v) is 3.86. The van der Waals surface area contributed by atoms with Gasteiger partial charge in [0.1, 0.15) is 5.82 Å². The molecule has 0 aliphatic carbocycles. The molecule has 1 amide bonds. The molecule has 0 aliphatic rings. The maximum absolute atomic E-state index is 13.4. The van der Waals surface area contributed by atoms with Crippen molar-refractivity contribution < 1.29 is 9.18 Å². The summed E-state index contributed by atoms with van der Waals surface area (Å²) in [4.78, 5) is 12.2. The van der Waals surface area contributed by atoms with E-state index in [9.17, 15) is 9.18 Å². The normalized spacial score (nSPS) is 10.3. The van der Waals surface area contributed by atoms with Crippen LogP contribution >= 0.6 is 23.4 Å². The first-order chi connectivity index (χ1) is 9.65. The summed E-state index contributed by atoms with van der Waals surface area (Å²) in [5, 5.41) is 3.41. The molecule has 0 spiro atoms. The number of hydrogen-bond donors (Lipinski definition) is 1. The van der Waals surface area contributed by atoms with Crippen molar-refractivity contribution in [1.82, 2.24) is 5.32 Å². The predicted molar refractivity (Wildman–Crippen MR) is 80.4 cm³/mol. The van der Waals surface area contributed by atoms with Crippen LogP contribution in [0, 0.1) is 5.82 Å². The molecule has 0 fully saturated rings. The van der Waals surface area contributed by atoms with Gasteiger partial charge >= 0.3 is 0 Å². The van der Waals surface area contributed by atoms with E-state index in [4.69, 9.17) is 11.6 Å². The highest BCUT2D eigenvalue weighted by Gasteiger charge is 2.06. The molecule has 1 N–H and O–H groups in total. The molecule has 0 aliphatic heterocycles. The fourth-order valence-corrected chi connectivity index (χ4v) is 2.59. The van der Waals surface area contributed by atoms with Gasteiger partial charge in [-0.05, 0) is 29.8 Å². The minimum atomic E-state index is -0.305. The predicted octanol–water partition coefficient (Wildman–Crippen LogP) is 3.89. The van der Waals surface area contributed by atoms with Gasteiger partial charge in [-0.15, -0.1) is 11.8 Å². The maximum Gasteiger partial charge on any atom is 0.230 e. The first kappa shape index (κ1) is 14.9. The van der Waals surface area contributed by atoms with Crippen LogP contribution in [0.25, 0.3) is 0 Å². The lowest BCUT2D eigenvalue weighted by Crippen LogP contribution is -2.24. The highest BCUT2D eigenvalue weighted by Crippen LogP contribution is 2.20. The molecule has 0 saturated heterocycles. The summed E-state index contributed by atoms with van der Waals surface area (Å²) < 4.78 is 13.4. The minimum absolute atomic E-state index is 0.141. The van der Waals surface area contributed by atoms with Gasteiger partial charge in [0.15, 0.2) is 0 Å². The van der Waals surface area contributed by atoms with Crippen molar-refractivity contribution in [1.29, 1.82) is 0 Å². The Morgan fingerprint density at radius 2 is 2.00 bits per heavy atom. The largest absolute Gasteiger partial charge is 0.351 e. The molecule has 0 aromatic heterocycles. The molecule has 0 heterocycles. The van der Waals surface area contributed by atoms with Crippen LogP contribution in [0.15, 0.2) is 53.4 Å². The zero-order chi connectivity index (χ0) is 14.4. The zero-order valence-electron chi connectivity index (χ0n) is 10.6. The third-order valence-electron chi connectivity index (χ3n) is 2.57. The van der Waals surface area contributed by atoms with Gasteiger partial charge in [0, 0.05) is 16.5 Å². The number of halogens is 2. The van der Waals surface area contributed by atoms with Crippen molar-refractivity contribution in [3.05, 3.63) is 64.9 Å². The molecule has 104 valence electrons. The van der Waals surface area contributed by atoms with Gasteiger partial charge in [-0.25, -0.2) is 4.39 Å². The number of carbonyl (C=O) groups excluding carboxylic acids is 1. The van der Waals surface area contributed by atoms with E-state index in [0.717, 1.165) is 5.56 Å². The fourth-order valence-electron chi connectivity index (χ4n) is 1.60. The highest BCUT2D eigenvalue weighted by atomic mass is 35.5. The minimum Gasteiger partial charge on any atom is -0.351 e. The second kappa shape index (κ2) is 7.31. The van der Waals surface area contributed by atoms with E-state index in [1.165, 1.54) is 17.8 Å². The van der Waals surface area contributed by atoms with Crippen molar-refractivity contribution in [2.45, 2.75) is 11.4 Å². The molecule has 0 saturated carbocycles. The van der Waals surface area contributed by atoms with E-state index in [0.29, 0.717) is 16.5 Å². The molecule has 20 heavy (non-hydrogen) atoms. The van der Waals surface area contributed by atoms with Gasteiger partial charge in [0.25, 0.3) is 0 Å². The fraction of sp³-hybridized carbons (Fsp3) is 0.133. The van der Waals surface area contributed by atoms with Crippen molar-refractivity contribution in [2.75, 3.05) is 5.75 Å². The quantitative estimate of drug-likeness (QED) is 0.849. The average molecular weight is 310 g/mol. The Balaban J connectivity index is 1.80. The first-order valence-corrected chi connectivity index (χ1v) is 7.40. The molecule has 2 aromatic carbocycles. The van der Waals surface area contributed by atoms with Crippen molar-refractivity contribution in [2.24, 2.45) is 0 Å². The summed E-state index contributed by atoms with van der Waals surface area (Å²) in [5.74, 6) is -0.264. The summed E-state index contributed by atoms with van der Waals surface area (Å²) >= 11 is 7.04. The Morgan fingerprint density at radius 1 is 1.20 bits per heavy atom. The molecular weight excluding hydrogens is 297 g/mol. The van der Waals surface area contributed by atoms with Gasteiger partial charge in [0.2, 0.25) is 5.91 Å². The van der Waals surface area contributed by atoms with Crippen LogP contribution in [0.1, 0.15) is 5.56 Å². The van der Waals surface area contributed by atoms with E-state index in [-0.39, 0.29) is 17.5 Å². The number of nitrogens with one attached hydrogen (secondary N) is 1. The number of hydrogen-bond acceptors (Lipinski definition) is 2. The number of benzene rings is 2. The molecule has 0 unspecified atom stereocenters. The van der Waals surface area contributed by atoms with Crippen molar-refractivity contribution >= 4 is 29.3 Å². The number of rotatable bonds is 5. The summed E-state index contributed by atoms with van der Waals surface area (Å²) in [6.45, 7) is 0.414. The summed E-state index contributed by atoms with van der Waals surface area (Å²) in [5.41, 5.74) is 0.932. The lowest BCUT2D eigenvalue weighted by atomic mass is 10.2. The van der Waals surface area contributed by atoms with Crippen LogP contribution in [0.2, 0.25) is 5.02 Å². The Morgan fingerprint density at radius 3 is 2.75 bits per heavy atom. The number of carbonyl (C=O) groups is 1. The summed E-state index contributed by atoms with van der Waals surface area (Å²) in [6.07, 6.45) is 0. The Kier molecular flexibility index (Phi) is 5.44. The second-order valence-electron chi connectivity index (χ2n) is 4.13. The highest BCUT2D eigenvalue weighted by molar-refractivity contribution is 8.00. The van der Waals surface area contributed by atoms with Crippen LogP contribution in [-0.4, -0.2) is 11.7 Å². The summed E-state index contributed by atoms with van der Waals surface area (Å²) in [6, 6.07) is 13.7. The van der Waals surface area contributed by atoms with Gasteiger partial charge in [-0.3, -0.25) is 4.79 Å². The lowest BCUT2D eigenvalue weighted by molar-refractivity contribution is -0.118. The van der Waals surface area contributed by atoms with Crippen LogP contribution in [-0.2, 0) is 11.3 Å². The standard InChI is InChI=1S/C15H13ClFNOS/c16-12-5-3-4-11(8-12)9-18-15(19)10-20-14-7-2-1-6-13(14)17/h1-8H,9-10H2,(H,18,19). The molecule has 2 rings (SSSR count). The Bertz CT molecular complexity index is 606. The van der Waals surface area contributed by atoms with Crippen LogP contribution in [0.5, 0.6) is 0 Å². The Hall–Kier alpha value is -1.52. The smallest absolute Gasteiger partial charge is 0.230 e. The third kappa shape index (κ3) is 4.54. The Labute approximate surface area is 126 Å². The van der Waals surface area contributed by atoms with E-state index < -0.39 is 0 Å². The van der Waals surface area contributed by atoms with E-state index in [1.54, 1.807) is 30.3 Å². The molecular formula is C15H13ClFNOS. The molecule has 2 nitrogen and oxygen atoms in total. The number of amides is 1. The van der Waals surface area contributed by atoms with Crippen LogP contribution in [0.3, 0.4) is 0 Å².